The summed E-state index contributed by atoms with van der Waals surface area (Å²) in [6.07, 6.45) is 2.31. The van der Waals surface area contributed by atoms with Gasteiger partial charge in [-0.3, -0.25) is 14.4 Å². The number of carbonyl (C=O) groups excluding carboxylic acids is 2. The maximum Gasteiger partial charge on any atom is 0.276 e. The molecule has 8 nitrogen and oxygen atoms in total. The molecule has 0 atom stereocenters. The predicted octanol–water partition coefficient (Wildman–Crippen LogP) is 3.32. The van der Waals surface area contributed by atoms with E-state index in [9.17, 15) is 14.4 Å². The molecule has 3 rings (SSSR count). The Morgan fingerprint density at radius 2 is 1.90 bits per heavy atom. The van der Waals surface area contributed by atoms with Crippen LogP contribution in [-0.4, -0.2) is 26.6 Å². The van der Waals surface area contributed by atoms with E-state index in [4.69, 9.17) is 0 Å². The van der Waals surface area contributed by atoms with Gasteiger partial charge in [0.05, 0.1) is 0 Å². The Morgan fingerprint density at radius 1 is 1.07 bits per heavy atom. The van der Waals surface area contributed by atoms with Gasteiger partial charge in [0.15, 0.2) is 0 Å². The van der Waals surface area contributed by atoms with E-state index in [1.54, 1.807) is 42.6 Å². The zero-order chi connectivity index (χ0) is 20.8. The lowest BCUT2D eigenvalue weighted by Crippen LogP contribution is -2.26. The number of anilines is 2. The van der Waals surface area contributed by atoms with Gasteiger partial charge in [0.2, 0.25) is 0 Å². The molecule has 2 amide bonds. The van der Waals surface area contributed by atoms with E-state index in [0.29, 0.717) is 23.6 Å². The number of rotatable bonds is 6. The standard InChI is InChI=1S/C20H18BrN5O3/c1-2-10-26-18(27)9-7-16(25-26)20(29)23-15-5-3-4-13(11-15)19(28)24-17-8-6-14(21)12-22-17/h3-9,11-12H,2,10H2,1H3,(H,23,29)(H,22,24,28). The molecule has 3 aromatic rings. The largest absolute Gasteiger partial charge is 0.321 e. The summed E-state index contributed by atoms with van der Waals surface area (Å²) in [5.41, 5.74) is 0.647. The van der Waals surface area contributed by atoms with Crippen LogP contribution in [-0.2, 0) is 6.54 Å². The number of benzene rings is 1. The normalized spacial score (nSPS) is 10.4. The fourth-order valence-corrected chi connectivity index (χ4v) is 2.75. The summed E-state index contributed by atoms with van der Waals surface area (Å²) < 4.78 is 2.06. The van der Waals surface area contributed by atoms with Gasteiger partial charge in [0.1, 0.15) is 11.5 Å². The molecule has 0 aliphatic rings. The number of amides is 2. The van der Waals surface area contributed by atoms with Crippen molar-refractivity contribution in [2.75, 3.05) is 10.6 Å². The summed E-state index contributed by atoms with van der Waals surface area (Å²) >= 11 is 3.29. The molecule has 2 heterocycles. The van der Waals surface area contributed by atoms with Crippen LogP contribution in [0, 0.1) is 0 Å². The average molecular weight is 456 g/mol. The first-order valence-electron chi connectivity index (χ1n) is 8.89. The van der Waals surface area contributed by atoms with E-state index >= 15 is 0 Å². The molecule has 1 aromatic carbocycles. The molecule has 0 unspecified atom stereocenters. The minimum atomic E-state index is -0.470. The number of nitrogens with zero attached hydrogens (tertiary/aromatic N) is 3. The monoisotopic (exact) mass is 455 g/mol. The predicted molar refractivity (Wildman–Crippen MR) is 113 cm³/mol. The summed E-state index contributed by atoms with van der Waals surface area (Å²) in [6, 6.07) is 12.6. The highest BCUT2D eigenvalue weighted by atomic mass is 79.9. The number of aryl methyl sites for hydroxylation is 1. The third kappa shape index (κ3) is 5.35. The number of hydrogen-bond acceptors (Lipinski definition) is 5. The molecule has 148 valence electrons. The smallest absolute Gasteiger partial charge is 0.276 e. The van der Waals surface area contributed by atoms with Crippen LogP contribution < -0.4 is 16.2 Å². The Balaban J connectivity index is 1.73. The van der Waals surface area contributed by atoms with E-state index in [2.05, 4.69) is 36.6 Å². The lowest BCUT2D eigenvalue weighted by Gasteiger charge is -2.09. The van der Waals surface area contributed by atoms with Crippen molar-refractivity contribution < 1.29 is 9.59 Å². The minimum Gasteiger partial charge on any atom is -0.321 e. The first-order chi connectivity index (χ1) is 14.0. The van der Waals surface area contributed by atoms with Crippen molar-refractivity contribution in [1.29, 1.82) is 0 Å². The minimum absolute atomic E-state index is 0.118. The number of pyridine rings is 1. The van der Waals surface area contributed by atoms with E-state index in [1.807, 2.05) is 6.92 Å². The summed E-state index contributed by atoms with van der Waals surface area (Å²) in [5.74, 6) is -0.414. The zero-order valence-electron chi connectivity index (χ0n) is 15.6. The van der Waals surface area contributed by atoms with Crippen LogP contribution in [0.4, 0.5) is 11.5 Å². The Morgan fingerprint density at radius 3 is 2.62 bits per heavy atom. The Labute approximate surface area is 175 Å². The molecule has 0 saturated carbocycles. The van der Waals surface area contributed by atoms with Crippen LogP contribution in [0.3, 0.4) is 0 Å². The molecule has 0 spiro atoms. The molecular weight excluding hydrogens is 438 g/mol. The van der Waals surface area contributed by atoms with E-state index in [1.165, 1.54) is 16.8 Å². The Bertz CT molecular complexity index is 1100. The fraction of sp³-hybridized carbons (Fsp3) is 0.150. The summed E-state index contributed by atoms with van der Waals surface area (Å²) in [7, 11) is 0. The number of carbonyl (C=O) groups is 2. The highest BCUT2D eigenvalue weighted by Crippen LogP contribution is 2.15. The molecule has 9 heteroatoms. The molecule has 0 fully saturated rings. The topological polar surface area (TPSA) is 106 Å². The highest BCUT2D eigenvalue weighted by molar-refractivity contribution is 9.10. The lowest BCUT2D eigenvalue weighted by atomic mass is 10.2. The highest BCUT2D eigenvalue weighted by Gasteiger charge is 2.12. The van der Waals surface area contributed by atoms with Gasteiger partial charge in [-0.15, -0.1) is 0 Å². The van der Waals surface area contributed by atoms with Crippen molar-refractivity contribution in [2.24, 2.45) is 0 Å². The quantitative estimate of drug-likeness (QED) is 0.592. The van der Waals surface area contributed by atoms with Gasteiger partial charge in [0, 0.05) is 34.5 Å². The van der Waals surface area contributed by atoms with Crippen LogP contribution in [0.1, 0.15) is 34.2 Å². The zero-order valence-corrected chi connectivity index (χ0v) is 17.1. The summed E-state index contributed by atoms with van der Waals surface area (Å²) in [6.45, 7) is 2.35. The molecule has 0 radical (unpaired) electrons. The number of nitrogens with one attached hydrogen (secondary N) is 2. The fourth-order valence-electron chi connectivity index (χ4n) is 2.51. The van der Waals surface area contributed by atoms with Crippen molar-refractivity contribution in [3.8, 4) is 0 Å². The molecule has 0 bridgehead atoms. The second-order valence-corrected chi connectivity index (χ2v) is 7.05. The van der Waals surface area contributed by atoms with E-state index in [0.717, 1.165) is 10.9 Å². The Hall–Kier alpha value is -3.33. The van der Waals surface area contributed by atoms with Gasteiger partial charge in [-0.05, 0) is 58.7 Å². The van der Waals surface area contributed by atoms with Gasteiger partial charge in [0.25, 0.3) is 17.4 Å². The molecule has 29 heavy (non-hydrogen) atoms. The third-order valence-corrected chi connectivity index (χ3v) is 4.36. The average Bonchev–Trinajstić information content (AvgIpc) is 2.71. The SMILES string of the molecule is CCCn1nc(C(=O)Nc2cccc(C(=O)Nc3ccc(Br)cn3)c2)ccc1=O. The molecule has 0 aliphatic carbocycles. The van der Waals surface area contributed by atoms with Crippen LogP contribution in [0.15, 0.2) is 64.0 Å². The maximum atomic E-state index is 12.5. The second kappa shape index (κ2) is 9.24. The Kier molecular flexibility index (Phi) is 6.50. The van der Waals surface area contributed by atoms with Crippen LogP contribution in [0.2, 0.25) is 0 Å². The van der Waals surface area contributed by atoms with Crippen molar-refractivity contribution in [3.63, 3.8) is 0 Å². The first-order valence-corrected chi connectivity index (χ1v) is 9.68. The molecule has 2 aromatic heterocycles. The molecule has 2 N–H and O–H groups in total. The van der Waals surface area contributed by atoms with Crippen molar-refractivity contribution >= 4 is 39.2 Å². The van der Waals surface area contributed by atoms with Gasteiger partial charge < -0.3 is 10.6 Å². The van der Waals surface area contributed by atoms with Gasteiger partial charge in [-0.1, -0.05) is 13.0 Å². The number of hydrogen-bond donors (Lipinski definition) is 2. The number of aromatic nitrogens is 3. The molecule has 0 aliphatic heterocycles. The summed E-state index contributed by atoms with van der Waals surface area (Å²) in [5, 5.41) is 9.47. The van der Waals surface area contributed by atoms with E-state index < -0.39 is 5.91 Å². The van der Waals surface area contributed by atoms with Crippen LogP contribution in [0.25, 0.3) is 0 Å². The third-order valence-electron chi connectivity index (χ3n) is 3.89. The van der Waals surface area contributed by atoms with Crippen molar-refractivity contribution in [1.82, 2.24) is 14.8 Å². The van der Waals surface area contributed by atoms with Crippen LogP contribution >= 0.6 is 15.9 Å². The van der Waals surface area contributed by atoms with Gasteiger partial charge in [-0.25, -0.2) is 9.67 Å². The second-order valence-electron chi connectivity index (χ2n) is 6.13. The van der Waals surface area contributed by atoms with E-state index in [-0.39, 0.29) is 17.2 Å². The first kappa shape index (κ1) is 20.4. The van der Waals surface area contributed by atoms with Crippen LogP contribution in [0.5, 0.6) is 0 Å². The lowest BCUT2D eigenvalue weighted by molar-refractivity contribution is 0.101. The summed E-state index contributed by atoms with van der Waals surface area (Å²) in [4.78, 5) is 40.8. The molecular formula is C20H18BrN5O3. The van der Waals surface area contributed by atoms with Gasteiger partial charge >= 0.3 is 0 Å². The number of halogens is 1. The van der Waals surface area contributed by atoms with Crippen molar-refractivity contribution in [3.05, 3.63) is 80.8 Å². The van der Waals surface area contributed by atoms with Crippen molar-refractivity contribution in [2.45, 2.75) is 19.9 Å². The molecule has 0 saturated heterocycles. The van der Waals surface area contributed by atoms with Gasteiger partial charge in [-0.2, -0.15) is 5.10 Å². The maximum absolute atomic E-state index is 12.5.